The second-order valence-electron chi connectivity index (χ2n) is 3.78. The van der Waals surface area contributed by atoms with Gasteiger partial charge in [0.15, 0.2) is 18.4 Å². The fraction of sp³-hybridized carbons (Fsp3) is 0.455. The second kappa shape index (κ2) is 5.10. The SMILES string of the molecule is Fc1cc(Br)cc(OCOCC2CC2)c1F. The van der Waals surface area contributed by atoms with Crippen molar-refractivity contribution in [2.24, 2.45) is 5.92 Å². The summed E-state index contributed by atoms with van der Waals surface area (Å²) in [7, 11) is 0. The van der Waals surface area contributed by atoms with Crippen molar-refractivity contribution >= 4 is 15.9 Å². The van der Waals surface area contributed by atoms with Crippen LogP contribution in [0.4, 0.5) is 8.78 Å². The van der Waals surface area contributed by atoms with Gasteiger partial charge in [-0.05, 0) is 30.9 Å². The highest BCUT2D eigenvalue weighted by Crippen LogP contribution is 2.29. The summed E-state index contributed by atoms with van der Waals surface area (Å²) in [5.41, 5.74) is 0. The Morgan fingerprint density at radius 1 is 1.31 bits per heavy atom. The van der Waals surface area contributed by atoms with Crippen molar-refractivity contribution < 1.29 is 18.3 Å². The van der Waals surface area contributed by atoms with E-state index in [2.05, 4.69) is 15.9 Å². The zero-order chi connectivity index (χ0) is 11.5. The van der Waals surface area contributed by atoms with Gasteiger partial charge in [0.2, 0.25) is 5.82 Å². The van der Waals surface area contributed by atoms with Crippen LogP contribution < -0.4 is 4.74 Å². The Morgan fingerprint density at radius 3 is 2.75 bits per heavy atom. The zero-order valence-corrected chi connectivity index (χ0v) is 10.1. The Bertz CT molecular complexity index is 380. The first-order chi connectivity index (χ1) is 7.66. The van der Waals surface area contributed by atoms with Gasteiger partial charge >= 0.3 is 0 Å². The topological polar surface area (TPSA) is 18.5 Å². The molecular weight excluding hydrogens is 282 g/mol. The number of hydrogen-bond acceptors (Lipinski definition) is 2. The van der Waals surface area contributed by atoms with E-state index in [1.165, 1.54) is 18.9 Å². The molecule has 0 heterocycles. The molecule has 0 aromatic heterocycles. The molecule has 1 aromatic carbocycles. The van der Waals surface area contributed by atoms with Gasteiger partial charge in [-0.2, -0.15) is 4.39 Å². The van der Waals surface area contributed by atoms with Gasteiger partial charge in [0.25, 0.3) is 0 Å². The third-order valence-electron chi connectivity index (χ3n) is 2.31. The van der Waals surface area contributed by atoms with E-state index < -0.39 is 11.6 Å². The Balaban J connectivity index is 1.86. The molecule has 16 heavy (non-hydrogen) atoms. The summed E-state index contributed by atoms with van der Waals surface area (Å²) in [5.74, 6) is -1.44. The molecule has 1 aliphatic carbocycles. The van der Waals surface area contributed by atoms with Crippen molar-refractivity contribution in [3.63, 3.8) is 0 Å². The Hall–Kier alpha value is -0.680. The van der Waals surface area contributed by atoms with Crippen molar-refractivity contribution in [3.05, 3.63) is 28.2 Å². The van der Waals surface area contributed by atoms with Crippen LogP contribution in [0.25, 0.3) is 0 Å². The van der Waals surface area contributed by atoms with E-state index in [0.29, 0.717) is 17.0 Å². The van der Waals surface area contributed by atoms with E-state index in [1.807, 2.05) is 0 Å². The first kappa shape index (κ1) is 11.8. The predicted molar refractivity (Wildman–Crippen MR) is 58.2 cm³/mol. The summed E-state index contributed by atoms with van der Waals surface area (Å²) in [6, 6.07) is 2.42. The van der Waals surface area contributed by atoms with Crippen LogP contribution in [0.3, 0.4) is 0 Å². The third-order valence-corrected chi connectivity index (χ3v) is 2.77. The molecule has 1 aliphatic rings. The smallest absolute Gasteiger partial charge is 0.200 e. The van der Waals surface area contributed by atoms with Crippen molar-refractivity contribution in [1.82, 2.24) is 0 Å². The minimum Gasteiger partial charge on any atom is -0.464 e. The average Bonchev–Trinajstić information content (AvgIpc) is 3.03. The molecule has 0 aliphatic heterocycles. The number of halogens is 3. The number of hydrogen-bond donors (Lipinski definition) is 0. The zero-order valence-electron chi connectivity index (χ0n) is 8.51. The minimum atomic E-state index is -0.988. The van der Waals surface area contributed by atoms with Gasteiger partial charge in [-0.1, -0.05) is 15.9 Å². The van der Waals surface area contributed by atoms with Crippen LogP contribution in [-0.4, -0.2) is 13.4 Å². The maximum atomic E-state index is 13.2. The van der Waals surface area contributed by atoms with Crippen molar-refractivity contribution in [2.45, 2.75) is 12.8 Å². The summed E-state index contributed by atoms with van der Waals surface area (Å²) < 4.78 is 36.8. The Morgan fingerprint density at radius 2 is 2.06 bits per heavy atom. The molecule has 1 saturated carbocycles. The highest BCUT2D eigenvalue weighted by atomic mass is 79.9. The van der Waals surface area contributed by atoms with E-state index in [0.717, 1.165) is 6.07 Å². The lowest BCUT2D eigenvalue weighted by Crippen LogP contribution is -2.06. The molecule has 0 saturated heterocycles. The van der Waals surface area contributed by atoms with Gasteiger partial charge in [-0.15, -0.1) is 0 Å². The van der Waals surface area contributed by atoms with Crippen molar-refractivity contribution in [1.29, 1.82) is 0 Å². The van der Waals surface area contributed by atoms with Crippen LogP contribution in [0, 0.1) is 17.6 Å². The predicted octanol–water partition coefficient (Wildman–Crippen LogP) is 3.49. The first-order valence-corrected chi connectivity index (χ1v) is 5.81. The van der Waals surface area contributed by atoms with Gasteiger partial charge in [-0.3, -0.25) is 0 Å². The molecule has 0 spiro atoms. The molecule has 1 aromatic rings. The minimum absolute atomic E-state index is 0.0523. The van der Waals surface area contributed by atoms with Crippen LogP contribution in [-0.2, 0) is 4.74 Å². The summed E-state index contributed by atoms with van der Waals surface area (Å²) in [6.07, 6.45) is 2.36. The summed E-state index contributed by atoms with van der Waals surface area (Å²) in [6.45, 7) is 0.571. The standard InChI is InChI=1S/C11H11BrF2O2/c12-8-3-9(13)11(14)10(4-8)16-6-15-5-7-1-2-7/h3-4,7H,1-2,5-6H2. The van der Waals surface area contributed by atoms with E-state index in [4.69, 9.17) is 9.47 Å². The number of rotatable bonds is 5. The maximum Gasteiger partial charge on any atom is 0.200 e. The lowest BCUT2D eigenvalue weighted by molar-refractivity contribution is 0.00755. The van der Waals surface area contributed by atoms with Gasteiger partial charge in [0, 0.05) is 4.47 Å². The van der Waals surface area contributed by atoms with Crippen LogP contribution >= 0.6 is 15.9 Å². The monoisotopic (exact) mass is 292 g/mol. The van der Waals surface area contributed by atoms with Gasteiger partial charge in [0.05, 0.1) is 6.61 Å². The summed E-state index contributed by atoms with van der Waals surface area (Å²) in [4.78, 5) is 0. The molecular formula is C11H11BrF2O2. The fourth-order valence-electron chi connectivity index (χ4n) is 1.24. The molecule has 0 N–H and O–H groups in total. The fourth-order valence-corrected chi connectivity index (χ4v) is 1.65. The number of benzene rings is 1. The van der Waals surface area contributed by atoms with E-state index in [1.54, 1.807) is 0 Å². The molecule has 5 heteroatoms. The quantitative estimate of drug-likeness (QED) is 0.470. The van der Waals surface area contributed by atoms with Crippen LogP contribution in [0.5, 0.6) is 5.75 Å². The molecule has 0 atom stereocenters. The summed E-state index contributed by atoms with van der Waals surface area (Å²) >= 11 is 3.06. The first-order valence-electron chi connectivity index (χ1n) is 5.02. The van der Waals surface area contributed by atoms with Crippen LogP contribution in [0.1, 0.15) is 12.8 Å². The molecule has 88 valence electrons. The van der Waals surface area contributed by atoms with Gasteiger partial charge in [0.1, 0.15) is 0 Å². The van der Waals surface area contributed by atoms with Crippen LogP contribution in [0.2, 0.25) is 0 Å². The molecule has 0 amide bonds. The maximum absolute atomic E-state index is 13.2. The van der Waals surface area contributed by atoms with E-state index in [-0.39, 0.29) is 12.5 Å². The molecule has 1 fully saturated rings. The van der Waals surface area contributed by atoms with Gasteiger partial charge in [-0.25, -0.2) is 4.39 Å². The van der Waals surface area contributed by atoms with Crippen LogP contribution in [0.15, 0.2) is 16.6 Å². The molecule has 0 radical (unpaired) electrons. The highest BCUT2D eigenvalue weighted by Gasteiger charge is 2.21. The summed E-state index contributed by atoms with van der Waals surface area (Å²) in [5, 5.41) is 0. The van der Waals surface area contributed by atoms with Gasteiger partial charge < -0.3 is 9.47 Å². The second-order valence-corrected chi connectivity index (χ2v) is 4.69. The molecule has 0 unspecified atom stereocenters. The molecule has 2 rings (SSSR count). The van der Waals surface area contributed by atoms with Crippen molar-refractivity contribution in [2.75, 3.05) is 13.4 Å². The lowest BCUT2D eigenvalue weighted by Gasteiger charge is -2.08. The largest absolute Gasteiger partial charge is 0.464 e. The van der Waals surface area contributed by atoms with Crippen molar-refractivity contribution in [3.8, 4) is 5.75 Å². The average molecular weight is 293 g/mol. The van der Waals surface area contributed by atoms with E-state index in [9.17, 15) is 8.78 Å². The highest BCUT2D eigenvalue weighted by molar-refractivity contribution is 9.10. The molecule has 2 nitrogen and oxygen atoms in total. The molecule has 0 bridgehead atoms. The normalized spacial score (nSPS) is 15.2. The number of ether oxygens (including phenoxy) is 2. The Kier molecular flexibility index (Phi) is 3.76. The third kappa shape index (κ3) is 3.15. The lowest BCUT2D eigenvalue weighted by atomic mass is 10.3. The van der Waals surface area contributed by atoms with E-state index >= 15 is 0 Å². The Labute approximate surface area is 101 Å².